The van der Waals surface area contributed by atoms with Crippen LogP contribution in [0.25, 0.3) is 0 Å². The Labute approximate surface area is 117 Å². The summed E-state index contributed by atoms with van der Waals surface area (Å²) >= 11 is 1.72. The second-order valence-corrected chi connectivity index (χ2v) is 5.32. The zero-order valence-corrected chi connectivity index (χ0v) is 11.9. The minimum Gasteiger partial charge on any atom is -0.497 e. The zero-order valence-electron chi connectivity index (χ0n) is 11.1. The molecule has 0 aliphatic rings. The van der Waals surface area contributed by atoms with Gasteiger partial charge in [-0.2, -0.15) is 0 Å². The number of likely N-dealkylation sites (N-methyl/N-ethyl adjacent to an activating group) is 1. The number of benzene rings is 1. The average molecular weight is 275 g/mol. The van der Waals surface area contributed by atoms with Gasteiger partial charge >= 0.3 is 0 Å². The Morgan fingerprint density at radius 3 is 2.84 bits per heavy atom. The fourth-order valence-electron chi connectivity index (χ4n) is 1.81. The standard InChI is InChI=1S/C15H17NO2S/c1-16(9-8-14-7-4-10-19-14)15(17)12-5-3-6-13(11-12)18-2/h3-7,10-11H,8-9H2,1-2H3. The van der Waals surface area contributed by atoms with Crippen molar-refractivity contribution < 1.29 is 9.53 Å². The van der Waals surface area contributed by atoms with Crippen LogP contribution in [0, 0.1) is 0 Å². The van der Waals surface area contributed by atoms with Crippen LogP contribution in [-0.2, 0) is 6.42 Å². The van der Waals surface area contributed by atoms with Crippen molar-refractivity contribution in [1.82, 2.24) is 4.90 Å². The molecule has 0 saturated carbocycles. The van der Waals surface area contributed by atoms with Gasteiger partial charge in [-0.25, -0.2) is 0 Å². The van der Waals surface area contributed by atoms with Gasteiger partial charge in [0.05, 0.1) is 7.11 Å². The van der Waals surface area contributed by atoms with Crippen molar-refractivity contribution >= 4 is 17.2 Å². The molecule has 0 bridgehead atoms. The number of nitrogens with zero attached hydrogens (tertiary/aromatic N) is 1. The third-order valence-electron chi connectivity index (χ3n) is 2.94. The van der Waals surface area contributed by atoms with E-state index in [1.807, 2.05) is 31.3 Å². The van der Waals surface area contributed by atoms with Crippen LogP contribution in [0.4, 0.5) is 0 Å². The third kappa shape index (κ3) is 3.58. The van der Waals surface area contributed by atoms with Crippen LogP contribution >= 0.6 is 11.3 Å². The summed E-state index contributed by atoms with van der Waals surface area (Å²) in [6.07, 6.45) is 0.893. The molecule has 0 saturated heterocycles. The van der Waals surface area contributed by atoms with Gasteiger partial charge in [0.2, 0.25) is 0 Å². The van der Waals surface area contributed by atoms with Gasteiger partial charge in [0, 0.05) is 24.0 Å². The molecule has 1 aromatic carbocycles. The summed E-state index contributed by atoms with van der Waals surface area (Å²) in [7, 11) is 3.43. The van der Waals surface area contributed by atoms with E-state index in [0.717, 1.165) is 13.0 Å². The number of hydrogen-bond acceptors (Lipinski definition) is 3. The molecule has 1 heterocycles. The van der Waals surface area contributed by atoms with Crippen molar-refractivity contribution in [3.8, 4) is 5.75 Å². The number of rotatable bonds is 5. The lowest BCUT2D eigenvalue weighted by molar-refractivity contribution is 0.0796. The van der Waals surface area contributed by atoms with Crippen molar-refractivity contribution in [1.29, 1.82) is 0 Å². The van der Waals surface area contributed by atoms with Crippen LogP contribution in [-0.4, -0.2) is 31.5 Å². The maximum atomic E-state index is 12.2. The first kappa shape index (κ1) is 13.6. The predicted molar refractivity (Wildman–Crippen MR) is 78.0 cm³/mol. The minimum absolute atomic E-state index is 0.0236. The monoisotopic (exact) mass is 275 g/mol. The lowest BCUT2D eigenvalue weighted by Gasteiger charge is -2.17. The molecular weight excluding hydrogens is 258 g/mol. The number of carbonyl (C=O) groups excluding carboxylic acids is 1. The van der Waals surface area contributed by atoms with Crippen molar-refractivity contribution in [2.45, 2.75) is 6.42 Å². The Balaban J connectivity index is 1.97. The predicted octanol–water partition coefficient (Wildman–Crippen LogP) is 3.07. The number of ether oxygens (including phenoxy) is 1. The molecule has 2 rings (SSSR count). The van der Waals surface area contributed by atoms with Gasteiger partial charge < -0.3 is 9.64 Å². The van der Waals surface area contributed by atoms with Gasteiger partial charge in [0.15, 0.2) is 0 Å². The molecule has 19 heavy (non-hydrogen) atoms. The van der Waals surface area contributed by atoms with Gasteiger partial charge in [-0.15, -0.1) is 11.3 Å². The fourth-order valence-corrected chi connectivity index (χ4v) is 2.51. The quantitative estimate of drug-likeness (QED) is 0.839. The van der Waals surface area contributed by atoms with Crippen LogP contribution in [0.2, 0.25) is 0 Å². The Hall–Kier alpha value is -1.81. The van der Waals surface area contributed by atoms with E-state index in [4.69, 9.17) is 4.74 Å². The highest BCUT2D eigenvalue weighted by Crippen LogP contribution is 2.15. The van der Waals surface area contributed by atoms with Gasteiger partial charge in [0.25, 0.3) is 5.91 Å². The summed E-state index contributed by atoms with van der Waals surface area (Å²) in [4.78, 5) is 15.3. The SMILES string of the molecule is COc1cccc(C(=O)N(C)CCc2cccs2)c1. The van der Waals surface area contributed by atoms with Crippen LogP contribution in [0.5, 0.6) is 5.75 Å². The zero-order chi connectivity index (χ0) is 13.7. The lowest BCUT2D eigenvalue weighted by Crippen LogP contribution is -2.28. The Morgan fingerprint density at radius 1 is 1.32 bits per heavy atom. The van der Waals surface area contributed by atoms with Crippen molar-refractivity contribution in [2.24, 2.45) is 0 Å². The molecule has 1 aromatic heterocycles. The summed E-state index contributed by atoms with van der Waals surface area (Å²) in [5.74, 6) is 0.730. The largest absolute Gasteiger partial charge is 0.497 e. The summed E-state index contributed by atoms with van der Waals surface area (Å²) in [6.45, 7) is 0.719. The number of thiophene rings is 1. The molecule has 1 amide bonds. The average Bonchev–Trinajstić information content (AvgIpc) is 2.97. The molecule has 0 atom stereocenters. The highest BCUT2D eigenvalue weighted by molar-refractivity contribution is 7.09. The van der Waals surface area contributed by atoms with Crippen molar-refractivity contribution in [3.63, 3.8) is 0 Å². The molecule has 0 fully saturated rings. The number of amides is 1. The van der Waals surface area contributed by atoms with Crippen LogP contribution in [0.3, 0.4) is 0 Å². The Morgan fingerprint density at radius 2 is 2.16 bits per heavy atom. The number of hydrogen-bond donors (Lipinski definition) is 0. The van der Waals surface area contributed by atoms with Gasteiger partial charge in [0.1, 0.15) is 5.75 Å². The van der Waals surface area contributed by atoms with E-state index in [9.17, 15) is 4.79 Å². The Bertz CT molecular complexity index is 537. The minimum atomic E-state index is 0.0236. The summed E-state index contributed by atoms with van der Waals surface area (Å²) in [6, 6.07) is 11.4. The van der Waals surface area contributed by atoms with E-state index in [1.165, 1.54) is 4.88 Å². The first-order chi connectivity index (χ1) is 9.20. The van der Waals surface area contributed by atoms with E-state index >= 15 is 0 Å². The Kier molecular flexibility index (Phi) is 4.58. The molecule has 0 N–H and O–H groups in total. The van der Waals surface area contributed by atoms with E-state index in [-0.39, 0.29) is 5.91 Å². The van der Waals surface area contributed by atoms with E-state index in [2.05, 4.69) is 11.4 Å². The summed E-state index contributed by atoms with van der Waals surface area (Å²) < 4.78 is 5.13. The normalized spacial score (nSPS) is 10.2. The van der Waals surface area contributed by atoms with Gasteiger partial charge in [-0.1, -0.05) is 12.1 Å². The molecule has 0 radical (unpaired) electrons. The molecule has 100 valence electrons. The molecule has 3 nitrogen and oxygen atoms in total. The first-order valence-corrected chi connectivity index (χ1v) is 7.00. The highest BCUT2D eigenvalue weighted by atomic mass is 32.1. The van der Waals surface area contributed by atoms with Crippen molar-refractivity contribution in [2.75, 3.05) is 20.7 Å². The topological polar surface area (TPSA) is 29.5 Å². The molecule has 4 heteroatoms. The van der Waals surface area contributed by atoms with Gasteiger partial charge in [-0.3, -0.25) is 4.79 Å². The van der Waals surface area contributed by atoms with Crippen molar-refractivity contribution in [3.05, 3.63) is 52.2 Å². The van der Waals surface area contributed by atoms with E-state index in [1.54, 1.807) is 29.4 Å². The van der Waals surface area contributed by atoms with Gasteiger partial charge in [-0.05, 0) is 36.1 Å². The maximum Gasteiger partial charge on any atom is 0.253 e. The fraction of sp³-hybridized carbons (Fsp3) is 0.267. The summed E-state index contributed by atoms with van der Waals surface area (Å²) in [5, 5.41) is 2.05. The van der Waals surface area contributed by atoms with E-state index < -0.39 is 0 Å². The molecule has 0 spiro atoms. The number of methoxy groups -OCH3 is 1. The van der Waals surface area contributed by atoms with Crippen LogP contribution in [0.1, 0.15) is 15.2 Å². The maximum absolute atomic E-state index is 12.2. The first-order valence-electron chi connectivity index (χ1n) is 6.12. The number of carbonyl (C=O) groups is 1. The highest BCUT2D eigenvalue weighted by Gasteiger charge is 2.12. The van der Waals surface area contributed by atoms with Crippen LogP contribution in [0.15, 0.2) is 41.8 Å². The molecule has 0 aliphatic heterocycles. The smallest absolute Gasteiger partial charge is 0.253 e. The van der Waals surface area contributed by atoms with Crippen LogP contribution < -0.4 is 4.74 Å². The molecule has 2 aromatic rings. The molecule has 0 aliphatic carbocycles. The molecule has 0 unspecified atom stereocenters. The molecular formula is C15H17NO2S. The summed E-state index contributed by atoms with van der Waals surface area (Å²) in [5.41, 5.74) is 0.660. The third-order valence-corrected chi connectivity index (χ3v) is 3.87. The second kappa shape index (κ2) is 6.38. The van der Waals surface area contributed by atoms with E-state index in [0.29, 0.717) is 11.3 Å². The lowest BCUT2D eigenvalue weighted by atomic mass is 10.2. The second-order valence-electron chi connectivity index (χ2n) is 4.29.